The highest BCUT2D eigenvalue weighted by molar-refractivity contribution is 9.10. The Morgan fingerprint density at radius 2 is 2.29 bits per heavy atom. The van der Waals surface area contributed by atoms with E-state index in [4.69, 9.17) is 10.5 Å². The van der Waals surface area contributed by atoms with E-state index >= 15 is 0 Å². The molecule has 78 valence electrons. The molecule has 1 atom stereocenters. The fraction of sp³-hybridized carbons (Fsp3) is 0.400. The molecule has 1 rings (SSSR count). The van der Waals surface area contributed by atoms with E-state index in [0.717, 1.165) is 4.47 Å². The van der Waals surface area contributed by atoms with Gasteiger partial charge in [0.2, 0.25) is 0 Å². The highest BCUT2D eigenvalue weighted by Crippen LogP contribution is 2.35. The molecule has 2 nitrogen and oxygen atoms in total. The molecule has 0 spiro atoms. The summed E-state index contributed by atoms with van der Waals surface area (Å²) in [7, 11) is 1.53. The average molecular weight is 262 g/mol. The number of alkyl halides is 1. The quantitative estimate of drug-likeness (QED) is 0.905. The summed E-state index contributed by atoms with van der Waals surface area (Å²) >= 11 is 3.30. The van der Waals surface area contributed by atoms with E-state index in [-0.39, 0.29) is 0 Å². The van der Waals surface area contributed by atoms with E-state index in [2.05, 4.69) is 15.9 Å². The molecule has 0 aliphatic heterocycles. The highest BCUT2D eigenvalue weighted by atomic mass is 79.9. The summed E-state index contributed by atoms with van der Waals surface area (Å²) < 4.78 is 19.5. The summed E-state index contributed by atoms with van der Waals surface area (Å²) in [5.41, 5.74) is 5.85. The van der Waals surface area contributed by atoms with Crippen molar-refractivity contribution < 1.29 is 9.13 Å². The van der Waals surface area contributed by atoms with Crippen LogP contribution >= 0.6 is 15.9 Å². The molecule has 0 saturated heterocycles. The number of rotatable bonds is 4. The molecule has 0 fully saturated rings. The Labute approximate surface area is 91.4 Å². The van der Waals surface area contributed by atoms with Gasteiger partial charge in [0.25, 0.3) is 0 Å². The third-order valence-electron chi connectivity index (χ3n) is 1.97. The standard InChI is InChI=1S/C10H13BrFNO/c1-14-9-4-2-3-7(11)10(9)8(12)5-6-13/h2-4,8H,5-6,13H2,1H3. The van der Waals surface area contributed by atoms with Gasteiger partial charge in [-0.3, -0.25) is 0 Å². The Hall–Kier alpha value is -0.610. The maximum absolute atomic E-state index is 13.7. The maximum Gasteiger partial charge on any atom is 0.131 e. The van der Waals surface area contributed by atoms with Crippen LogP contribution in [0, 0.1) is 0 Å². The van der Waals surface area contributed by atoms with E-state index in [1.165, 1.54) is 7.11 Å². The van der Waals surface area contributed by atoms with Gasteiger partial charge in [-0.15, -0.1) is 0 Å². The maximum atomic E-state index is 13.7. The lowest BCUT2D eigenvalue weighted by Gasteiger charge is -2.13. The zero-order valence-electron chi connectivity index (χ0n) is 7.97. The second kappa shape index (κ2) is 5.32. The molecule has 0 amide bonds. The Balaban J connectivity index is 3.03. The van der Waals surface area contributed by atoms with Gasteiger partial charge in [-0.25, -0.2) is 4.39 Å². The third kappa shape index (κ3) is 2.45. The number of halogens is 2. The molecule has 14 heavy (non-hydrogen) atoms. The Morgan fingerprint density at radius 1 is 1.57 bits per heavy atom. The summed E-state index contributed by atoms with van der Waals surface area (Å²) in [5.74, 6) is 0.556. The number of nitrogens with two attached hydrogens (primary N) is 1. The minimum atomic E-state index is -1.08. The first kappa shape index (κ1) is 11.5. The summed E-state index contributed by atoms with van der Waals surface area (Å²) in [6, 6.07) is 5.34. The molecule has 4 heteroatoms. The molecule has 1 unspecified atom stereocenters. The van der Waals surface area contributed by atoms with Crippen molar-refractivity contribution in [1.29, 1.82) is 0 Å². The number of benzene rings is 1. The predicted octanol–water partition coefficient (Wildman–Crippen LogP) is 2.82. The van der Waals surface area contributed by atoms with Gasteiger partial charge >= 0.3 is 0 Å². The number of methoxy groups -OCH3 is 1. The second-order valence-corrected chi connectivity index (χ2v) is 3.75. The van der Waals surface area contributed by atoms with Gasteiger partial charge in [0, 0.05) is 10.0 Å². The van der Waals surface area contributed by atoms with Crippen LogP contribution < -0.4 is 10.5 Å². The lowest BCUT2D eigenvalue weighted by molar-refractivity contribution is 0.310. The fourth-order valence-corrected chi connectivity index (χ4v) is 1.89. The zero-order chi connectivity index (χ0) is 10.6. The van der Waals surface area contributed by atoms with Gasteiger partial charge in [0.1, 0.15) is 11.9 Å². The SMILES string of the molecule is COc1cccc(Br)c1C(F)CCN. The Morgan fingerprint density at radius 3 is 2.86 bits per heavy atom. The van der Waals surface area contributed by atoms with Crippen molar-refractivity contribution in [1.82, 2.24) is 0 Å². The monoisotopic (exact) mass is 261 g/mol. The Bertz CT molecular complexity index is 306. The smallest absolute Gasteiger partial charge is 0.131 e. The second-order valence-electron chi connectivity index (χ2n) is 2.90. The van der Waals surface area contributed by atoms with Crippen molar-refractivity contribution in [2.75, 3.05) is 13.7 Å². The van der Waals surface area contributed by atoms with E-state index in [1.54, 1.807) is 12.1 Å². The van der Waals surface area contributed by atoms with Gasteiger partial charge in [-0.05, 0) is 25.1 Å². The van der Waals surface area contributed by atoms with Crippen LogP contribution in [0.15, 0.2) is 22.7 Å². The van der Waals surface area contributed by atoms with Crippen molar-refractivity contribution in [2.45, 2.75) is 12.6 Å². The van der Waals surface area contributed by atoms with Gasteiger partial charge in [-0.1, -0.05) is 22.0 Å². The van der Waals surface area contributed by atoms with E-state index in [0.29, 0.717) is 24.3 Å². The molecule has 0 aromatic heterocycles. The number of hydrogen-bond acceptors (Lipinski definition) is 2. The van der Waals surface area contributed by atoms with Gasteiger partial charge < -0.3 is 10.5 Å². The van der Waals surface area contributed by atoms with Crippen molar-refractivity contribution in [3.63, 3.8) is 0 Å². The average Bonchev–Trinajstić information content (AvgIpc) is 2.17. The van der Waals surface area contributed by atoms with E-state index in [1.807, 2.05) is 6.07 Å². The minimum absolute atomic E-state index is 0.305. The summed E-state index contributed by atoms with van der Waals surface area (Å²) in [6.07, 6.45) is -0.774. The third-order valence-corrected chi connectivity index (χ3v) is 2.66. The first-order valence-corrected chi connectivity index (χ1v) is 5.16. The molecule has 0 bridgehead atoms. The van der Waals surface area contributed by atoms with Crippen LogP contribution in [-0.4, -0.2) is 13.7 Å². The van der Waals surface area contributed by atoms with Gasteiger partial charge in [0.15, 0.2) is 0 Å². The van der Waals surface area contributed by atoms with Crippen LogP contribution in [0.25, 0.3) is 0 Å². The highest BCUT2D eigenvalue weighted by Gasteiger charge is 2.17. The largest absolute Gasteiger partial charge is 0.496 e. The normalized spacial score (nSPS) is 12.6. The topological polar surface area (TPSA) is 35.2 Å². The fourth-order valence-electron chi connectivity index (χ4n) is 1.29. The molecule has 0 saturated carbocycles. The molecule has 0 aliphatic carbocycles. The van der Waals surface area contributed by atoms with Crippen LogP contribution in [0.4, 0.5) is 4.39 Å². The van der Waals surface area contributed by atoms with Crippen molar-refractivity contribution in [3.05, 3.63) is 28.2 Å². The summed E-state index contributed by atoms with van der Waals surface area (Å²) in [6.45, 7) is 0.325. The van der Waals surface area contributed by atoms with Crippen LogP contribution in [-0.2, 0) is 0 Å². The van der Waals surface area contributed by atoms with Gasteiger partial charge in [0.05, 0.1) is 7.11 Å². The molecule has 2 N–H and O–H groups in total. The van der Waals surface area contributed by atoms with E-state index in [9.17, 15) is 4.39 Å². The molecule has 0 radical (unpaired) electrons. The van der Waals surface area contributed by atoms with Crippen LogP contribution in [0.1, 0.15) is 18.2 Å². The number of ether oxygens (including phenoxy) is 1. The molecular weight excluding hydrogens is 249 g/mol. The minimum Gasteiger partial charge on any atom is -0.496 e. The predicted molar refractivity (Wildman–Crippen MR) is 58.2 cm³/mol. The van der Waals surface area contributed by atoms with Crippen molar-refractivity contribution >= 4 is 15.9 Å². The van der Waals surface area contributed by atoms with Crippen LogP contribution in [0.3, 0.4) is 0 Å². The molecule has 0 heterocycles. The Kier molecular flexibility index (Phi) is 4.35. The van der Waals surface area contributed by atoms with Crippen LogP contribution in [0.5, 0.6) is 5.75 Å². The lowest BCUT2D eigenvalue weighted by atomic mass is 10.1. The first-order chi connectivity index (χ1) is 6.70. The zero-order valence-corrected chi connectivity index (χ0v) is 9.55. The molecule has 1 aromatic rings. The summed E-state index contributed by atoms with van der Waals surface area (Å²) in [4.78, 5) is 0. The van der Waals surface area contributed by atoms with Crippen molar-refractivity contribution in [2.24, 2.45) is 5.73 Å². The molecule has 1 aromatic carbocycles. The van der Waals surface area contributed by atoms with Crippen LogP contribution in [0.2, 0.25) is 0 Å². The van der Waals surface area contributed by atoms with Crippen molar-refractivity contribution in [3.8, 4) is 5.75 Å². The molecular formula is C10H13BrFNO. The number of hydrogen-bond donors (Lipinski definition) is 1. The first-order valence-electron chi connectivity index (χ1n) is 4.37. The van der Waals surface area contributed by atoms with E-state index < -0.39 is 6.17 Å². The van der Waals surface area contributed by atoms with Gasteiger partial charge in [-0.2, -0.15) is 0 Å². The molecule has 0 aliphatic rings. The lowest BCUT2D eigenvalue weighted by Crippen LogP contribution is -2.05. The summed E-state index contributed by atoms with van der Waals surface area (Å²) in [5, 5.41) is 0.